The van der Waals surface area contributed by atoms with Gasteiger partial charge in [0.05, 0.1) is 21.4 Å². The number of carbonyl (C=O) groups excluding carboxylic acids is 1. The van der Waals surface area contributed by atoms with Crippen molar-refractivity contribution in [3.8, 4) is 5.75 Å². The van der Waals surface area contributed by atoms with Crippen molar-refractivity contribution in [2.45, 2.75) is 14.7 Å². The molecule has 0 fully saturated rings. The Morgan fingerprint density at radius 2 is 1.24 bits per heavy atom. The first kappa shape index (κ1) is 23.1. The van der Waals surface area contributed by atoms with Gasteiger partial charge in [-0.2, -0.15) is 0 Å². The average Bonchev–Trinajstić information content (AvgIpc) is 2.88. The summed E-state index contributed by atoms with van der Waals surface area (Å²) in [5.41, 5.74) is 0.452. The molecule has 0 unspecified atom stereocenters. The Bertz CT molecular complexity index is 1190. The Kier molecular flexibility index (Phi) is 7.57. The predicted molar refractivity (Wildman–Crippen MR) is 130 cm³/mol. The molecule has 0 aromatic heterocycles. The Balaban J connectivity index is 1.37. The molecule has 6 nitrogen and oxygen atoms in total. The van der Waals surface area contributed by atoms with Crippen LogP contribution >= 0.6 is 0 Å². The fourth-order valence-electron chi connectivity index (χ4n) is 3.29. The molecule has 0 aliphatic heterocycles. The van der Waals surface area contributed by atoms with E-state index in [1.165, 1.54) is 34.1 Å². The molecule has 0 heterocycles. The summed E-state index contributed by atoms with van der Waals surface area (Å²) in [6.45, 7) is 0.211. The van der Waals surface area contributed by atoms with Gasteiger partial charge in [0.1, 0.15) is 19.0 Å². The van der Waals surface area contributed by atoms with Crippen LogP contribution in [-0.4, -0.2) is 24.1 Å². The van der Waals surface area contributed by atoms with Crippen LogP contribution in [0, 0.1) is 10.1 Å². The Morgan fingerprint density at radius 3 is 1.76 bits per heavy atom. The predicted octanol–water partition coefficient (Wildman–Crippen LogP) is 5.93. The minimum absolute atomic E-state index is 0.00963. The van der Waals surface area contributed by atoms with Crippen molar-refractivity contribution in [1.82, 2.24) is 0 Å². The fourth-order valence-corrected chi connectivity index (χ4v) is 5.37. The second-order valence-corrected chi connectivity index (χ2v) is 9.22. The monoisotopic (exact) mass is 472 g/mol. The van der Waals surface area contributed by atoms with E-state index in [1.807, 2.05) is 48.5 Å². The van der Waals surface area contributed by atoms with E-state index in [0.29, 0.717) is 11.3 Å². The molecule has 34 heavy (non-hydrogen) atoms. The van der Waals surface area contributed by atoms with Gasteiger partial charge in [-0.3, -0.25) is 10.1 Å². The smallest absolute Gasteiger partial charge is 0.338 e. The van der Waals surface area contributed by atoms with Crippen molar-refractivity contribution in [3.05, 3.63) is 125 Å². The molecule has 0 bridgehead atoms. The lowest BCUT2D eigenvalue weighted by Crippen LogP contribution is -2.12. The summed E-state index contributed by atoms with van der Waals surface area (Å²) in [5.74, 6) is 0.0398. The van der Waals surface area contributed by atoms with Gasteiger partial charge >= 0.3 is 5.97 Å². The molecule has 0 aliphatic carbocycles. The van der Waals surface area contributed by atoms with E-state index in [2.05, 4.69) is 24.3 Å². The molecular formula is C27H22NO5S+. The van der Waals surface area contributed by atoms with E-state index in [4.69, 9.17) is 9.47 Å². The van der Waals surface area contributed by atoms with Crippen molar-refractivity contribution in [3.63, 3.8) is 0 Å². The lowest BCUT2D eigenvalue weighted by Gasteiger charge is -2.09. The second-order valence-electron chi connectivity index (χ2n) is 7.19. The summed E-state index contributed by atoms with van der Waals surface area (Å²) in [6.07, 6.45) is 0. The van der Waals surface area contributed by atoms with Crippen LogP contribution in [0.1, 0.15) is 10.4 Å². The van der Waals surface area contributed by atoms with Gasteiger partial charge in [0.25, 0.3) is 5.69 Å². The fraction of sp³-hybridized carbons (Fsp3) is 0.0741. The molecular weight excluding hydrogens is 450 g/mol. The maximum atomic E-state index is 12.4. The van der Waals surface area contributed by atoms with Crippen molar-refractivity contribution < 1.29 is 19.2 Å². The zero-order valence-corrected chi connectivity index (χ0v) is 19.0. The molecule has 4 aromatic carbocycles. The van der Waals surface area contributed by atoms with Crippen LogP contribution in [0.2, 0.25) is 0 Å². The number of nitro groups is 1. The molecule has 7 heteroatoms. The van der Waals surface area contributed by atoms with Gasteiger partial charge < -0.3 is 9.47 Å². The molecule has 0 radical (unpaired) electrons. The molecule has 0 N–H and O–H groups in total. The number of esters is 1. The van der Waals surface area contributed by atoms with Crippen LogP contribution < -0.4 is 4.74 Å². The third kappa shape index (κ3) is 5.82. The topological polar surface area (TPSA) is 78.7 Å². The number of nitrogens with zero attached hydrogens (tertiary/aromatic N) is 1. The lowest BCUT2D eigenvalue weighted by atomic mass is 10.2. The average molecular weight is 473 g/mol. The standard InChI is InChI=1S/C27H22NO5S/c29-27(33-20-19-32-23-15-13-22(14-16-23)28(30)31)21-11-17-26(18-12-21)34(24-7-3-1-4-8-24)25-9-5-2-6-10-25/h1-18H,19-20H2/q+1. The first-order valence-electron chi connectivity index (χ1n) is 10.6. The van der Waals surface area contributed by atoms with Crippen LogP contribution in [0.5, 0.6) is 5.75 Å². The highest BCUT2D eigenvalue weighted by Crippen LogP contribution is 2.31. The summed E-state index contributed by atoms with van der Waals surface area (Å²) in [5, 5.41) is 10.7. The third-order valence-corrected chi connectivity index (χ3v) is 7.15. The molecule has 4 rings (SSSR count). The van der Waals surface area contributed by atoms with Crippen molar-refractivity contribution >= 4 is 22.6 Å². The third-order valence-electron chi connectivity index (χ3n) is 4.92. The number of carbonyl (C=O) groups is 1. The van der Waals surface area contributed by atoms with Gasteiger partial charge in [-0.05, 0) is 60.7 Å². The molecule has 0 spiro atoms. The van der Waals surface area contributed by atoms with Gasteiger partial charge in [0.15, 0.2) is 14.7 Å². The molecule has 0 aliphatic rings. The molecule has 0 amide bonds. The number of hydrogen-bond acceptors (Lipinski definition) is 5. The summed E-state index contributed by atoms with van der Waals surface area (Å²) < 4.78 is 10.8. The summed E-state index contributed by atoms with van der Waals surface area (Å²) in [7, 11) is -0.283. The highest BCUT2D eigenvalue weighted by Gasteiger charge is 2.28. The van der Waals surface area contributed by atoms with E-state index >= 15 is 0 Å². The molecule has 4 aromatic rings. The van der Waals surface area contributed by atoms with Crippen LogP contribution in [0.15, 0.2) is 124 Å². The number of rotatable bonds is 9. The number of nitro benzene ring substituents is 1. The number of hydrogen-bond donors (Lipinski definition) is 0. The first-order valence-corrected chi connectivity index (χ1v) is 11.8. The molecule has 170 valence electrons. The van der Waals surface area contributed by atoms with E-state index < -0.39 is 10.9 Å². The zero-order chi connectivity index (χ0) is 23.8. The normalized spacial score (nSPS) is 10.6. The largest absolute Gasteiger partial charge is 0.490 e. The van der Waals surface area contributed by atoms with Crippen molar-refractivity contribution in [1.29, 1.82) is 0 Å². The van der Waals surface area contributed by atoms with Gasteiger partial charge in [0.2, 0.25) is 0 Å². The highest BCUT2D eigenvalue weighted by molar-refractivity contribution is 7.97. The van der Waals surface area contributed by atoms with Gasteiger partial charge in [-0.15, -0.1) is 0 Å². The van der Waals surface area contributed by atoms with Crippen LogP contribution in [-0.2, 0) is 15.6 Å². The number of benzene rings is 4. The van der Waals surface area contributed by atoms with Crippen molar-refractivity contribution in [2.24, 2.45) is 0 Å². The van der Waals surface area contributed by atoms with Gasteiger partial charge in [-0.25, -0.2) is 4.79 Å². The highest BCUT2D eigenvalue weighted by atomic mass is 32.2. The van der Waals surface area contributed by atoms with Gasteiger partial charge in [-0.1, -0.05) is 36.4 Å². The molecule has 0 saturated carbocycles. The SMILES string of the molecule is O=C(OCCOc1ccc([N+](=O)[O-])cc1)c1ccc([S+](c2ccccc2)c2ccccc2)cc1. The summed E-state index contributed by atoms with van der Waals surface area (Å²) in [4.78, 5) is 26.2. The summed E-state index contributed by atoms with van der Waals surface area (Å²) in [6, 6.07) is 33.8. The van der Waals surface area contributed by atoms with Crippen LogP contribution in [0.25, 0.3) is 0 Å². The minimum atomic E-state index is -0.473. The molecule has 0 saturated heterocycles. The second kappa shape index (κ2) is 11.2. The Hall–Kier alpha value is -4.10. The summed E-state index contributed by atoms with van der Waals surface area (Å²) >= 11 is 0. The van der Waals surface area contributed by atoms with E-state index in [1.54, 1.807) is 12.1 Å². The minimum Gasteiger partial charge on any atom is -0.490 e. The van der Waals surface area contributed by atoms with E-state index in [-0.39, 0.29) is 29.8 Å². The Labute approximate surface area is 200 Å². The molecule has 0 atom stereocenters. The number of non-ortho nitro benzene ring substituents is 1. The maximum absolute atomic E-state index is 12.4. The van der Waals surface area contributed by atoms with Crippen molar-refractivity contribution in [2.75, 3.05) is 13.2 Å². The van der Waals surface area contributed by atoms with Crippen LogP contribution in [0.4, 0.5) is 5.69 Å². The zero-order valence-electron chi connectivity index (χ0n) is 18.2. The van der Waals surface area contributed by atoms with E-state index in [9.17, 15) is 14.9 Å². The first-order chi connectivity index (χ1) is 16.6. The maximum Gasteiger partial charge on any atom is 0.338 e. The van der Waals surface area contributed by atoms with E-state index in [0.717, 1.165) is 4.90 Å². The van der Waals surface area contributed by atoms with Gasteiger partial charge in [0, 0.05) is 12.1 Å². The Morgan fingerprint density at radius 1 is 0.706 bits per heavy atom. The quantitative estimate of drug-likeness (QED) is 0.0992. The van der Waals surface area contributed by atoms with Crippen LogP contribution in [0.3, 0.4) is 0 Å². The lowest BCUT2D eigenvalue weighted by molar-refractivity contribution is -0.384. The number of ether oxygens (including phenoxy) is 2.